The molecule has 0 amide bonds. The molecule has 1 aromatic heterocycles. The number of hydrogen-bond donors (Lipinski definition) is 1. The standard InChI is InChI=1S/C14H15BrF2N2O2/c1-6(2)10(7(3)20)14-18-13(19-21-14)8-4-5-9(16)12(17)11(8)15/h4-7,10,20H,1-3H3. The predicted octanol–water partition coefficient (Wildman–Crippen LogP) is 3.90. The Morgan fingerprint density at radius 1 is 1.24 bits per heavy atom. The van der Waals surface area contributed by atoms with E-state index in [4.69, 9.17) is 4.52 Å². The van der Waals surface area contributed by atoms with Crippen molar-refractivity contribution in [3.05, 3.63) is 34.1 Å². The molecular weight excluding hydrogens is 346 g/mol. The normalized spacial score (nSPS) is 14.5. The van der Waals surface area contributed by atoms with E-state index in [0.29, 0.717) is 0 Å². The number of aromatic nitrogens is 2. The highest BCUT2D eigenvalue weighted by atomic mass is 79.9. The third-order valence-electron chi connectivity index (χ3n) is 3.24. The van der Waals surface area contributed by atoms with Crippen LogP contribution in [0.3, 0.4) is 0 Å². The molecule has 0 fully saturated rings. The van der Waals surface area contributed by atoms with Crippen molar-refractivity contribution in [2.45, 2.75) is 32.8 Å². The molecular formula is C14H15BrF2N2O2. The minimum absolute atomic E-state index is 0.0620. The molecule has 2 rings (SSSR count). The van der Waals surface area contributed by atoms with Crippen LogP contribution in [-0.4, -0.2) is 21.4 Å². The molecule has 2 unspecified atom stereocenters. The molecule has 0 spiro atoms. The Morgan fingerprint density at radius 2 is 1.90 bits per heavy atom. The van der Waals surface area contributed by atoms with Crippen LogP contribution in [0.5, 0.6) is 0 Å². The third kappa shape index (κ3) is 3.13. The van der Waals surface area contributed by atoms with Gasteiger partial charge in [0, 0.05) is 5.56 Å². The van der Waals surface area contributed by atoms with E-state index in [-0.39, 0.29) is 33.6 Å². The van der Waals surface area contributed by atoms with Crippen LogP contribution >= 0.6 is 15.9 Å². The summed E-state index contributed by atoms with van der Waals surface area (Å²) in [7, 11) is 0. The summed E-state index contributed by atoms with van der Waals surface area (Å²) >= 11 is 2.99. The van der Waals surface area contributed by atoms with E-state index in [2.05, 4.69) is 26.1 Å². The van der Waals surface area contributed by atoms with Crippen molar-refractivity contribution in [1.29, 1.82) is 0 Å². The molecule has 21 heavy (non-hydrogen) atoms. The van der Waals surface area contributed by atoms with Gasteiger partial charge in [-0.15, -0.1) is 0 Å². The topological polar surface area (TPSA) is 59.2 Å². The molecule has 2 atom stereocenters. The molecule has 1 N–H and O–H groups in total. The van der Waals surface area contributed by atoms with E-state index < -0.39 is 17.7 Å². The number of rotatable bonds is 4. The Hall–Kier alpha value is -1.34. The van der Waals surface area contributed by atoms with E-state index in [1.807, 2.05) is 13.8 Å². The van der Waals surface area contributed by atoms with Crippen LogP contribution in [0, 0.1) is 17.6 Å². The number of hydrogen-bond acceptors (Lipinski definition) is 4. The zero-order chi connectivity index (χ0) is 15.7. The number of aliphatic hydroxyl groups excluding tert-OH is 1. The highest BCUT2D eigenvalue weighted by Crippen LogP contribution is 2.32. The van der Waals surface area contributed by atoms with Crippen LogP contribution in [-0.2, 0) is 0 Å². The highest BCUT2D eigenvalue weighted by molar-refractivity contribution is 9.10. The first-order valence-corrected chi connectivity index (χ1v) is 7.27. The molecule has 4 nitrogen and oxygen atoms in total. The first-order valence-electron chi connectivity index (χ1n) is 6.48. The number of benzene rings is 1. The zero-order valence-corrected chi connectivity index (χ0v) is 13.4. The first kappa shape index (κ1) is 16.0. The zero-order valence-electron chi connectivity index (χ0n) is 11.8. The van der Waals surface area contributed by atoms with E-state index >= 15 is 0 Å². The summed E-state index contributed by atoms with van der Waals surface area (Å²) in [5.41, 5.74) is 0.289. The maximum absolute atomic E-state index is 13.6. The molecule has 0 bridgehead atoms. The molecule has 114 valence electrons. The van der Waals surface area contributed by atoms with E-state index in [9.17, 15) is 13.9 Å². The molecule has 0 aliphatic heterocycles. The van der Waals surface area contributed by atoms with E-state index in [1.165, 1.54) is 6.07 Å². The Labute approximate surface area is 129 Å². The highest BCUT2D eigenvalue weighted by Gasteiger charge is 2.28. The number of halogens is 3. The third-order valence-corrected chi connectivity index (χ3v) is 4.02. The van der Waals surface area contributed by atoms with Gasteiger partial charge in [0.15, 0.2) is 11.6 Å². The van der Waals surface area contributed by atoms with Gasteiger partial charge in [0.25, 0.3) is 0 Å². The monoisotopic (exact) mass is 360 g/mol. The van der Waals surface area contributed by atoms with Crippen LogP contribution in [0.4, 0.5) is 8.78 Å². The Kier molecular flexibility index (Phi) is 4.73. The average molecular weight is 361 g/mol. The minimum atomic E-state index is -1.00. The lowest BCUT2D eigenvalue weighted by Crippen LogP contribution is -2.20. The van der Waals surface area contributed by atoms with Gasteiger partial charge in [-0.3, -0.25) is 0 Å². The molecule has 1 aromatic carbocycles. The fourth-order valence-corrected chi connectivity index (χ4v) is 2.73. The van der Waals surface area contributed by atoms with Gasteiger partial charge in [0.1, 0.15) is 0 Å². The van der Waals surface area contributed by atoms with Gasteiger partial charge in [0.2, 0.25) is 11.7 Å². The van der Waals surface area contributed by atoms with E-state index in [1.54, 1.807) is 6.92 Å². The molecule has 0 saturated heterocycles. The van der Waals surface area contributed by atoms with Gasteiger partial charge >= 0.3 is 0 Å². The maximum atomic E-state index is 13.6. The minimum Gasteiger partial charge on any atom is -0.393 e. The fraction of sp³-hybridized carbons (Fsp3) is 0.429. The summed E-state index contributed by atoms with van der Waals surface area (Å²) in [4.78, 5) is 4.20. The molecule has 7 heteroatoms. The lowest BCUT2D eigenvalue weighted by atomic mass is 9.91. The molecule has 0 aliphatic rings. The van der Waals surface area contributed by atoms with Crippen molar-refractivity contribution in [3.8, 4) is 11.4 Å². The summed E-state index contributed by atoms with van der Waals surface area (Å²) in [5.74, 6) is -1.79. The predicted molar refractivity (Wildman–Crippen MR) is 76.6 cm³/mol. The summed E-state index contributed by atoms with van der Waals surface area (Å²) < 4.78 is 31.8. The summed E-state index contributed by atoms with van der Waals surface area (Å²) in [6.07, 6.45) is -0.660. The number of nitrogens with zero attached hydrogens (tertiary/aromatic N) is 2. The summed E-state index contributed by atoms with van der Waals surface area (Å²) in [6, 6.07) is 2.37. The molecule has 0 saturated carbocycles. The van der Waals surface area contributed by atoms with Crippen molar-refractivity contribution in [2.75, 3.05) is 0 Å². The Balaban J connectivity index is 2.43. The molecule has 0 aliphatic carbocycles. The lowest BCUT2D eigenvalue weighted by Gasteiger charge is -2.19. The maximum Gasteiger partial charge on any atom is 0.232 e. The van der Waals surface area contributed by atoms with Gasteiger partial charge in [-0.2, -0.15) is 4.98 Å². The van der Waals surface area contributed by atoms with Crippen molar-refractivity contribution >= 4 is 15.9 Å². The molecule has 1 heterocycles. The quantitative estimate of drug-likeness (QED) is 0.840. The van der Waals surface area contributed by atoms with Gasteiger partial charge in [-0.1, -0.05) is 19.0 Å². The number of aliphatic hydroxyl groups is 1. The van der Waals surface area contributed by atoms with Crippen molar-refractivity contribution < 1.29 is 18.4 Å². The van der Waals surface area contributed by atoms with E-state index in [0.717, 1.165) is 6.07 Å². The summed E-state index contributed by atoms with van der Waals surface area (Å²) in [5, 5.41) is 13.6. The lowest BCUT2D eigenvalue weighted by molar-refractivity contribution is 0.120. The van der Waals surface area contributed by atoms with Crippen LogP contribution in [0.1, 0.15) is 32.6 Å². The van der Waals surface area contributed by atoms with Gasteiger partial charge in [0.05, 0.1) is 16.5 Å². The second-order valence-electron chi connectivity index (χ2n) is 5.19. The van der Waals surface area contributed by atoms with Crippen molar-refractivity contribution in [2.24, 2.45) is 5.92 Å². The van der Waals surface area contributed by atoms with Gasteiger partial charge in [-0.25, -0.2) is 8.78 Å². The Morgan fingerprint density at radius 3 is 2.48 bits per heavy atom. The largest absolute Gasteiger partial charge is 0.393 e. The van der Waals surface area contributed by atoms with Gasteiger partial charge in [-0.05, 0) is 40.9 Å². The SMILES string of the molecule is CC(C)C(c1nc(-c2ccc(F)c(F)c2Br)no1)C(C)O. The second kappa shape index (κ2) is 6.19. The smallest absolute Gasteiger partial charge is 0.232 e. The van der Waals surface area contributed by atoms with Crippen LogP contribution in [0.25, 0.3) is 11.4 Å². The van der Waals surface area contributed by atoms with Crippen LogP contribution in [0.2, 0.25) is 0 Å². The van der Waals surface area contributed by atoms with Crippen LogP contribution < -0.4 is 0 Å². The average Bonchev–Trinajstić information content (AvgIpc) is 2.84. The van der Waals surface area contributed by atoms with Crippen LogP contribution in [0.15, 0.2) is 21.1 Å². The van der Waals surface area contributed by atoms with Gasteiger partial charge < -0.3 is 9.63 Å². The second-order valence-corrected chi connectivity index (χ2v) is 5.98. The van der Waals surface area contributed by atoms with Crippen molar-refractivity contribution in [1.82, 2.24) is 10.1 Å². The molecule has 0 radical (unpaired) electrons. The molecule has 2 aromatic rings. The fourth-order valence-electron chi connectivity index (χ4n) is 2.23. The first-order chi connectivity index (χ1) is 9.82. The Bertz CT molecular complexity index is 636. The van der Waals surface area contributed by atoms with Crippen molar-refractivity contribution in [3.63, 3.8) is 0 Å². The summed E-state index contributed by atoms with van der Waals surface area (Å²) in [6.45, 7) is 5.49.